The van der Waals surface area contributed by atoms with E-state index in [1.165, 1.54) is 6.42 Å². The van der Waals surface area contributed by atoms with Crippen molar-refractivity contribution in [1.29, 1.82) is 0 Å². The second-order valence-corrected chi connectivity index (χ2v) is 4.54. The van der Waals surface area contributed by atoms with Gasteiger partial charge in [0.25, 0.3) is 0 Å². The summed E-state index contributed by atoms with van der Waals surface area (Å²) in [7, 11) is 0. The molecule has 0 N–H and O–H groups in total. The van der Waals surface area contributed by atoms with Crippen LogP contribution in [0.3, 0.4) is 0 Å². The molecule has 2 rings (SSSR count). The van der Waals surface area contributed by atoms with E-state index in [-0.39, 0.29) is 0 Å². The quantitative estimate of drug-likeness (QED) is 0.533. The highest BCUT2D eigenvalue weighted by Gasteiger charge is 2.25. The maximum Gasteiger partial charge on any atom is 0.00129 e. The molecule has 0 spiro atoms. The Balaban J connectivity index is 2.12. The molecule has 0 heterocycles. The third-order valence-corrected chi connectivity index (χ3v) is 3.28. The van der Waals surface area contributed by atoms with Crippen molar-refractivity contribution in [2.45, 2.75) is 20.3 Å². The molecule has 0 aliphatic heterocycles. The fourth-order valence-corrected chi connectivity index (χ4v) is 2.27. The van der Waals surface area contributed by atoms with E-state index in [2.05, 4.69) is 50.3 Å². The fourth-order valence-electron chi connectivity index (χ4n) is 2.27. The molecule has 13 heavy (non-hydrogen) atoms. The van der Waals surface area contributed by atoms with Crippen molar-refractivity contribution in [2.24, 2.45) is 23.7 Å². The zero-order chi connectivity index (χ0) is 9.26. The van der Waals surface area contributed by atoms with E-state index in [0.29, 0.717) is 5.92 Å². The van der Waals surface area contributed by atoms with Crippen LogP contribution in [-0.2, 0) is 0 Å². The highest BCUT2D eigenvalue weighted by atomic mass is 14.3. The number of hydrogen-bond acceptors (Lipinski definition) is 0. The monoisotopic (exact) mass is 174 g/mol. The molecule has 3 unspecified atom stereocenters. The van der Waals surface area contributed by atoms with Crippen LogP contribution in [0.1, 0.15) is 20.3 Å². The Morgan fingerprint density at radius 3 is 2.54 bits per heavy atom. The largest absolute Gasteiger partial charge is 0.0845 e. The summed E-state index contributed by atoms with van der Waals surface area (Å²) in [6, 6.07) is 0. The van der Waals surface area contributed by atoms with Crippen LogP contribution in [0, 0.1) is 23.7 Å². The summed E-state index contributed by atoms with van der Waals surface area (Å²) in [6.45, 7) is 4.63. The molecule has 0 radical (unpaired) electrons. The first-order valence-corrected chi connectivity index (χ1v) is 5.30. The molecule has 70 valence electrons. The van der Waals surface area contributed by atoms with Crippen LogP contribution >= 0.6 is 0 Å². The molecule has 0 aromatic carbocycles. The first-order valence-electron chi connectivity index (χ1n) is 5.30. The van der Waals surface area contributed by atoms with Crippen LogP contribution < -0.4 is 0 Å². The molecule has 0 aromatic heterocycles. The minimum atomic E-state index is 0.681. The van der Waals surface area contributed by atoms with Gasteiger partial charge in [-0.15, -0.1) is 0 Å². The number of hydrogen-bond donors (Lipinski definition) is 0. The van der Waals surface area contributed by atoms with Crippen molar-refractivity contribution in [3.05, 3.63) is 36.5 Å². The first-order chi connectivity index (χ1) is 6.27. The van der Waals surface area contributed by atoms with E-state index < -0.39 is 0 Å². The van der Waals surface area contributed by atoms with Crippen molar-refractivity contribution >= 4 is 0 Å². The fraction of sp³-hybridized carbons (Fsp3) is 0.538. The minimum Gasteiger partial charge on any atom is -0.0845 e. The van der Waals surface area contributed by atoms with Crippen LogP contribution in [0.25, 0.3) is 0 Å². The third-order valence-electron chi connectivity index (χ3n) is 3.28. The summed E-state index contributed by atoms with van der Waals surface area (Å²) in [5, 5.41) is 0. The lowest BCUT2D eigenvalue weighted by atomic mass is 9.74. The summed E-state index contributed by atoms with van der Waals surface area (Å²) in [4.78, 5) is 0. The third kappa shape index (κ3) is 1.77. The Hall–Kier alpha value is -0.780. The molecule has 0 saturated carbocycles. The van der Waals surface area contributed by atoms with Gasteiger partial charge in [-0.2, -0.15) is 0 Å². The minimum absolute atomic E-state index is 0.681. The van der Waals surface area contributed by atoms with Crippen LogP contribution in [0.2, 0.25) is 0 Å². The Morgan fingerprint density at radius 1 is 1.00 bits per heavy atom. The van der Waals surface area contributed by atoms with Gasteiger partial charge < -0.3 is 0 Å². The van der Waals surface area contributed by atoms with Gasteiger partial charge in [-0.3, -0.25) is 0 Å². The predicted molar refractivity (Wildman–Crippen MR) is 57.3 cm³/mol. The van der Waals surface area contributed by atoms with Gasteiger partial charge in [0.2, 0.25) is 0 Å². The average Bonchev–Trinajstić information content (AvgIpc) is 2.17. The molecule has 0 nitrogen and oxygen atoms in total. The lowest BCUT2D eigenvalue weighted by molar-refractivity contribution is 0.339. The zero-order valence-electron chi connectivity index (χ0n) is 8.48. The molecular weight excluding hydrogens is 156 g/mol. The van der Waals surface area contributed by atoms with Crippen LogP contribution in [0.4, 0.5) is 0 Å². The lowest BCUT2D eigenvalue weighted by Crippen LogP contribution is -2.21. The van der Waals surface area contributed by atoms with Crippen LogP contribution in [0.15, 0.2) is 36.5 Å². The standard InChI is InChI=1S/C13H18/c1-10(2)12-8-7-11-5-3-4-6-13(11)9-12/h3-8,10-13H,9H2,1-2H3. The van der Waals surface area contributed by atoms with Gasteiger partial charge >= 0.3 is 0 Å². The lowest BCUT2D eigenvalue weighted by Gasteiger charge is -2.31. The summed E-state index contributed by atoms with van der Waals surface area (Å²) in [5.74, 6) is 3.02. The second kappa shape index (κ2) is 3.53. The van der Waals surface area contributed by atoms with Crippen LogP contribution in [0.5, 0.6) is 0 Å². The highest BCUT2D eigenvalue weighted by Crippen LogP contribution is 2.35. The van der Waals surface area contributed by atoms with Crippen LogP contribution in [-0.4, -0.2) is 0 Å². The van der Waals surface area contributed by atoms with Crippen molar-refractivity contribution in [1.82, 2.24) is 0 Å². The molecule has 2 aliphatic carbocycles. The number of allylic oxidation sites excluding steroid dienone is 6. The van der Waals surface area contributed by atoms with Gasteiger partial charge in [0, 0.05) is 5.92 Å². The molecule has 0 saturated heterocycles. The highest BCUT2D eigenvalue weighted by molar-refractivity contribution is 5.21. The first kappa shape index (κ1) is 8.80. The Bertz CT molecular complexity index is 255. The summed E-state index contributed by atoms with van der Waals surface area (Å²) >= 11 is 0. The van der Waals surface area contributed by atoms with Gasteiger partial charge in [0.15, 0.2) is 0 Å². The average molecular weight is 174 g/mol. The molecule has 2 aliphatic rings. The Morgan fingerprint density at radius 2 is 1.77 bits per heavy atom. The smallest absolute Gasteiger partial charge is 0.00129 e. The van der Waals surface area contributed by atoms with Crippen molar-refractivity contribution in [3.63, 3.8) is 0 Å². The number of rotatable bonds is 1. The maximum atomic E-state index is 2.41. The van der Waals surface area contributed by atoms with Gasteiger partial charge in [-0.25, -0.2) is 0 Å². The molecule has 3 atom stereocenters. The summed E-state index contributed by atoms with van der Waals surface area (Å²) in [6.07, 6.45) is 15.2. The predicted octanol–water partition coefficient (Wildman–Crippen LogP) is 3.58. The molecule has 0 amide bonds. The van der Waals surface area contributed by atoms with Crippen molar-refractivity contribution in [3.8, 4) is 0 Å². The van der Waals surface area contributed by atoms with E-state index in [9.17, 15) is 0 Å². The molecule has 0 heteroatoms. The molecule has 0 fully saturated rings. The van der Waals surface area contributed by atoms with Crippen molar-refractivity contribution < 1.29 is 0 Å². The van der Waals surface area contributed by atoms with E-state index >= 15 is 0 Å². The summed E-state index contributed by atoms with van der Waals surface area (Å²) < 4.78 is 0. The molecule has 0 bridgehead atoms. The topological polar surface area (TPSA) is 0 Å². The molecular formula is C13H18. The second-order valence-electron chi connectivity index (χ2n) is 4.54. The van der Waals surface area contributed by atoms with Gasteiger partial charge in [-0.1, -0.05) is 50.3 Å². The van der Waals surface area contributed by atoms with E-state index in [0.717, 1.165) is 17.8 Å². The summed E-state index contributed by atoms with van der Waals surface area (Å²) in [5.41, 5.74) is 0. The van der Waals surface area contributed by atoms with Crippen molar-refractivity contribution in [2.75, 3.05) is 0 Å². The maximum absolute atomic E-state index is 2.41. The van der Waals surface area contributed by atoms with Gasteiger partial charge in [-0.05, 0) is 24.2 Å². The van der Waals surface area contributed by atoms with Gasteiger partial charge in [0.05, 0.1) is 0 Å². The Labute approximate surface area is 81.0 Å². The number of fused-ring (bicyclic) bond motifs is 1. The SMILES string of the molecule is CC(C)C1C=CC2C=CC=CC2C1. The van der Waals surface area contributed by atoms with Gasteiger partial charge in [0.1, 0.15) is 0 Å². The van der Waals surface area contributed by atoms with E-state index in [1.807, 2.05) is 0 Å². The Kier molecular flexibility index (Phi) is 2.39. The van der Waals surface area contributed by atoms with E-state index in [4.69, 9.17) is 0 Å². The van der Waals surface area contributed by atoms with E-state index in [1.54, 1.807) is 0 Å². The zero-order valence-corrected chi connectivity index (χ0v) is 8.48. The molecule has 0 aromatic rings. The normalized spacial score (nSPS) is 36.7.